The standard InChI is InChI=1S/C53H38/c1-53(2)49-23-13-12-18-43(49)44-33-31-39(34-50(44)53)52-47-21-10-8-19-45(47)51(46-20-9-11-22-48(46)52)38-28-25-35(26-29-38)24-27-37-30-32-41(36-14-4-3-5-15-36)42-17-7-6-16-40(37)42/h3-34H,1-2H3. The largest absolute Gasteiger partial charge is 0.0622 e. The van der Waals surface area contributed by atoms with Gasteiger partial charge in [0, 0.05) is 5.41 Å². The summed E-state index contributed by atoms with van der Waals surface area (Å²) in [6.07, 6.45) is 4.49. The van der Waals surface area contributed by atoms with Crippen molar-refractivity contribution < 1.29 is 0 Å². The molecule has 0 spiro atoms. The SMILES string of the molecule is CC1(C)c2ccccc2-c2ccc(-c3c4ccccc4c(-c4ccc(C=Cc5ccc(-c6ccccc6)c6ccccc56)cc4)c4ccccc34)cc21. The number of hydrogen-bond acceptors (Lipinski definition) is 0. The van der Waals surface area contributed by atoms with E-state index in [9.17, 15) is 0 Å². The summed E-state index contributed by atoms with van der Waals surface area (Å²) in [6.45, 7) is 4.73. The first kappa shape index (κ1) is 31.3. The maximum atomic E-state index is 2.46. The average Bonchev–Trinajstić information content (AvgIpc) is 3.44. The highest BCUT2D eigenvalue weighted by Gasteiger charge is 2.35. The first-order chi connectivity index (χ1) is 26.1. The second-order valence-corrected chi connectivity index (χ2v) is 14.8. The molecule has 1 aliphatic carbocycles. The van der Waals surface area contributed by atoms with Crippen LogP contribution in [0.2, 0.25) is 0 Å². The smallest absolute Gasteiger partial charge is 0.0159 e. The van der Waals surface area contributed by atoms with Crippen LogP contribution in [0.15, 0.2) is 182 Å². The van der Waals surface area contributed by atoms with Gasteiger partial charge in [-0.05, 0) is 105 Å². The zero-order valence-corrected chi connectivity index (χ0v) is 30.0. The summed E-state index contributed by atoms with van der Waals surface area (Å²) in [5, 5.41) is 7.65. The van der Waals surface area contributed by atoms with E-state index in [2.05, 4.69) is 208 Å². The van der Waals surface area contributed by atoms with Crippen LogP contribution in [-0.4, -0.2) is 0 Å². The van der Waals surface area contributed by atoms with E-state index in [1.54, 1.807) is 0 Å². The predicted molar refractivity (Wildman–Crippen MR) is 228 cm³/mol. The van der Waals surface area contributed by atoms with Gasteiger partial charge in [-0.1, -0.05) is 202 Å². The molecule has 0 aromatic heterocycles. The lowest BCUT2D eigenvalue weighted by molar-refractivity contribution is 0.660. The molecule has 0 fully saturated rings. The van der Waals surface area contributed by atoms with E-state index in [1.807, 2.05) is 0 Å². The first-order valence-corrected chi connectivity index (χ1v) is 18.6. The number of hydrogen-bond donors (Lipinski definition) is 0. The quantitative estimate of drug-likeness (QED) is 0.126. The molecule has 9 aromatic rings. The second kappa shape index (κ2) is 12.3. The van der Waals surface area contributed by atoms with Crippen LogP contribution in [0.4, 0.5) is 0 Å². The molecular weight excluding hydrogens is 637 g/mol. The molecule has 0 atom stereocenters. The van der Waals surface area contributed by atoms with Crippen LogP contribution in [0.1, 0.15) is 36.1 Å². The molecule has 0 nitrogen and oxygen atoms in total. The molecule has 0 N–H and O–H groups in total. The fourth-order valence-electron chi connectivity index (χ4n) is 8.89. The molecular formula is C53H38. The monoisotopic (exact) mass is 674 g/mol. The number of rotatable bonds is 5. The lowest BCUT2D eigenvalue weighted by Gasteiger charge is -2.23. The lowest BCUT2D eigenvalue weighted by Crippen LogP contribution is -2.14. The van der Waals surface area contributed by atoms with E-state index < -0.39 is 0 Å². The van der Waals surface area contributed by atoms with Crippen LogP contribution in [-0.2, 0) is 5.41 Å². The summed E-state index contributed by atoms with van der Waals surface area (Å²) in [5.74, 6) is 0. The van der Waals surface area contributed by atoms with Crippen LogP contribution in [0.5, 0.6) is 0 Å². The molecule has 0 heterocycles. The van der Waals surface area contributed by atoms with Crippen molar-refractivity contribution in [2.24, 2.45) is 0 Å². The Kier molecular flexibility index (Phi) is 7.27. The Labute approximate surface area is 311 Å². The van der Waals surface area contributed by atoms with Gasteiger partial charge in [0.1, 0.15) is 0 Å². The molecule has 0 saturated heterocycles. The molecule has 0 unspecified atom stereocenters. The van der Waals surface area contributed by atoms with Crippen LogP contribution in [0, 0.1) is 0 Å². The maximum absolute atomic E-state index is 2.46. The maximum Gasteiger partial charge on any atom is 0.0159 e. The zero-order valence-electron chi connectivity index (χ0n) is 30.0. The Morgan fingerprint density at radius 1 is 0.340 bits per heavy atom. The van der Waals surface area contributed by atoms with E-state index in [0.29, 0.717) is 0 Å². The molecule has 10 rings (SSSR count). The third-order valence-electron chi connectivity index (χ3n) is 11.5. The van der Waals surface area contributed by atoms with Gasteiger partial charge < -0.3 is 0 Å². The van der Waals surface area contributed by atoms with Crippen molar-refractivity contribution in [1.82, 2.24) is 0 Å². The summed E-state index contributed by atoms with van der Waals surface area (Å²) in [4.78, 5) is 0. The minimum absolute atomic E-state index is 0.0532. The van der Waals surface area contributed by atoms with Crippen molar-refractivity contribution >= 4 is 44.5 Å². The molecule has 0 saturated carbocycles. The van der Waals surface area contributed by atoms with Gasteiger partial charge >= 0.3 is 0 Å². The topological polar surface area (TPSA) is 0 Å². The summed E-state index contributed by atoms with van der Waals surface area (Å²) < 4.78 is 0. The molecule has 9 aromatic carbocycles. The highest BCUT2D eigenvalue weighted by Crippen LogP contribution is 2.51. The predicted octanol–water partition coefficient (Wildman–Crippen LogP) is 14.6. The van der Waals surface area contributed by atoms with Crippen molar-refractivity contribution in [2.45, 2.75) is 19.3 Å². The molecule has 0 heteroatoms. The van der Waals surface area contributed by atoms with Crippen LogP contribution < -0.4 is 0 Å². The van der Waals surface area contributed by atoms with Crippen molar-refractivity contribution in [2.75, 3.05) is 0 Å². The minimum atomic E-state index is -0.0532. The average molecular weight is 675 g/mol. The van der Waals surface area contributed by atoms with E-state index in [-0.39, 0.29) is 5.41 Å². The second-order valence-electron chi connectivity index (χ2n) is 14.8. The molecule has 250 valence electrons. The van der Waals surface area contributed by atoms with Gasteiger partial charge in [0.05, 0.1) is 0 Å². The van der Waals surface area contributed by atoms with Crippen molar-refractivity contribution in [3.05, 3.63) is 204 Å². The fourth-order valence-corrected chi connectivity index (χ4v) is 8.89. The normalized spacial score (nSPS) is 13.2. The summed E-state index contributed by atoms with van der Waals surface area (Å²) in [5.41, 5.74) is 15.5. The molecule has 53 heavy (non-hydrogen) atoms. The van der Waals surface area contributed by atoms with Crippen LogP contribution >= 0.6 is 0 Å². The van der Waals surface area contributed by atoms with Crippen LogP contribution in [0.3, 0.4) is 0 Å². The van der Waals surface area contributed by atoms with Gasteiger partial charge in [-0.15, -0.1) is 0 Å². The molecule has 0 aliphatic heterocycles. The van der Waals surface area contributed by atoms with Gasteiger partial charge in [0.25, 0.3) is 0 Å². The molecule has 1 aliphatic rings. The third kappa shape index (κ3) is 5.06. The first-order valence-electron chi connectivity index (χ1n) is 18.6. The highest BCUT2D eigenvalue weighted by atomic mass is 14.4. The Morgan fingerprint density at radius 3 is 1.53 bits per heavy atom. The summed E-state index contributed by atoms with van der Waals surface area (Å²) in [7, 11) is 0. The number of fused-ring (bicyclic) bond motifs is 6. The Balaban J connectivity index is 1.05. The Bertz CT molecular complexity index is 2830. The van der Waals surface area contributed by atoms with E-state index in [0.717, 1.165) is 0 Å². The van der Waals surface area contributed by atoms with Gasteiger partial charge in [-0.2, -0.15) is 0 Å². The Hall–Kier alpha value is -6.50. The van der Waals surface area contributed by atoms with E-state index in [4.69, 9.17) is 0 Å². The van der Waals surface area contributed by atoms with Gasteiger partial charge in [0.15, 0.2) is 0 Å². The van der Waals surface area contributed by atoms with E-state index in [1.165, 1.54) is 99.1 Å². The van der Waals surface area contributed by atoms with Crippen molar-refractivity contribution in [3.63, 3.8) is 0 Å². The van der Waals surface area contributed by atoms with Crippen molar-refractivity contribution in [3.8, 4) is 44.5 Å². The van der Waals surface area contributed by atoms with Gasteiger partial charge in [-0.25, -0.2) is 0 Å². The highest BCUT2D eigenvalue weighted by molar-refractivity contribution is 6.21. The minimum Gasteiger partial charge on any atom is -0.0622 e. The third-order valence-corrected chi connectivity index (χ3v) is 11.5. The fraction of sp³-hybridized carbons (Fsp3) is 0.0566. The zero-order chi connectivity index (χ0) is 35.5. The molecule has 0 radical (unpaired) electrons. The summed E-state index contributed by atoms with van der Waals surface area (Å²) >= 11 is 0. The van der Waals surface area contributed by atoms with Gasteiger partial charge in [0.2, 0.25) is 0 Å². The van der Waals surface area contributed by atoms with Crippen molar-refractivity contribution in [1.29, 1.82) is 0 Å². The van der Waals surface area contributed by atoms with E-state index >= 15 is 0 Å². The Morgan fingerprint density at radius 2 is 0.849 bits per heavy atom. The molecule has 0 bridgehead atoms. The lowest BCUT2D eigenvalue weighted by atomic mass is 9.80. The molecule has 0 amide bonds. The number of benzene rings is 9. The summed E-state index contributed by atoms with van der Waals surface area (Å²) in [6, 6.07) is 66.9. The van der Waals surface area contributed by atoms with Gasteiger partial charge in [-0.3, -0.25) is 0 Å². The van der Waals surface area contributed by atoms with Crippen LogP contribution in [0.25, 0.3) is 89.0 Å².